The molecule has 19 heavy (non-hydrogen) atoms. The summed E-state index contributed by atoms with van der Waals surface area (Å²) in [4.78, 5) is -0.0345. The Labute approximate surface area is 114 Å². The SMILES string of the molecule is CCCN(CCC)S(=O)(=O)c1ccc(OC)c(F)c1. The number of benzene rings is 1. The summed E-state index contributed by atoms with van der Waals surface area (Å²) in [6.45, 7) is 4.69. The molecule has 0 amide bonds. The predicted octanol–water partition coefficient (Wildman–Crippen LogP) is 2.65. The van der Waals surface area contributed by atoms with E-state index in [4.69, 9.17) is 4.74 Å². The maximum absolute atomic E-state index is 13.6. The molecule has 4 nitrogen and oxygen atoms in total. The molecule has 1 aromatic carbocycles. The summed E-state index contributed by atoms with van der Waals surface area (Å²) in [5, 5.41) is 0. The van der Waals surface area contributed by atoms with Crippen molar-refractivity contribution in [1.82, 2.24) is 4.31 Å². The second-order valence-electron chi connectivity index (χ2n) is 4.20. The lowest BCUT2D eigenvalue weighted by atomic mass is 10.3. The lowest BCUT2D eigenvalue weighted by Gasteiger charge is -2.21. The lowest BCUT2D eigenvalue weighted by Crippen LogP contribution is -2.32. The van der Waals surface area contributed by atoms with Gasteiger partial charge in [-0.3, -0.25) is 0 Å². The normalized spacial score (nSPS) is 11.8. The van der Waals surface area contributed by atoms with E-state index in [1.807, 2.05) is 13.8 Å². The summed E-state index contributed by atoms with van der Waals surface area (Å²) >= 11 is 0. The third-order valence-electron chi connectivity index (χ3n) is 2.71. The van der Waals surface area contributed by atoms with Crippen molar-refractivity contribution in [2.24, 2.45) is 0 Å². The number of halogens is 1. The van der Waals surface area contributed by atoms with Gasteiger partial charge in [-0.1, -0.05) is 13.8 Å². The first kappa shape index (κ1) is 15.9. The molecule has 0 spiro atoms. The zero-order valence-electron chi connectivity index (χ0n) is 11.5. The van der Waals surface area contributed by atoms with Crippen molar-refractivity contribution >= 4 is 10.0 Å². The van der Waals surface area contributed by atoms with E-state index in [1.165, 1.54) is 23.5 Å². The zero-order valence-corrected chi connectivity index (χ0v) is 12.3. The van der Waals surface area contributed by atoms with Crippen molar-refractivity contribution in [3.63, 3.8) is 0 Å². The van der Waals surface area contributed by atoms with Crippen molar-refractivity contribution in [3.8, 4) is 5.75 Å². The number of hydrogen-bond donors (Lipinski definition) is 0. The second kappa shape index (κ2) is 6.86. The topological polar surface area (TPSA) is 46.6 Å². The van der Waals surface area contributed by atoms with Gasteiger partial charge in [-0.05, 0) is 31.0 Å². The van der Waals surface area contributed by atoms with E-state index in [0.717, 1.165) is 18.9 Å². The van der Waals surface area contributed by atoms with Crippen LogP contribution in [0.15, 0.2) is 23.1 Å². The quantitative estimate of drug-likeness (QED) is 0.775. The van der Waals surface area contributed by atoms with Crippen LogP contribution in [-0.2, 0) is 10.0 Å². The van der Waals surface area contributed by atoms with Gasteiger partial charge in [0.25, 0.3) is 0 Å². The highest BCUT2D eigenvalue weighted by Gasteiger charge is 2.24. The van der Waals surface area contributed by atoms with E-state index < -0.39 is 15.8 Å². The minimum absolute atomic E-state index is 0.0345. The van der Waals surface area contributed by atoms with E-state index in [-0.39, 0.29) is 10.6 Å². The van der Waals surface area contributed by atoms with Crippen molar-refractivity contribution in [3.05, 3.63) is 24.0 Å². The zero-order chi connectivity index (χ0) is 14.5. The number of rotatable bonds is 7. The summed E-state index contributed by atoms with van der Waals surface area (Å²) in [6, 6.07) is 3.71. The van der Waals surface area contributed by atoms with Gasteiger partial charge < -0.3 is 4.74 Å². The molecule has 0 unspecified atom stereocenters. The largest absolute Gasteiger partial charge is 0.494 e. The van der Waals surface area contributed by atoms with E-state index in [9.17, 15) is 12.8 Å². The van der Waals surface area contributed by atoms with Crippen LogP contribution in [0, 0.1) is 5.82 Å². The van der Waals surface area contributed by atoms with E-state index in [1.54, 1.807) is 0 Å². The molecule has 0 fully saturated rings. The Kier molecular flexibility index (Phi) is 5.75. The highest BCUT2D eigenvalue weighted by molar-refractivity contribution is 7.89. The first-order valence-corrected chi connectivity index (χ1v) is 7.75. The predicted molar refractivity (Wildman–Crippen MR) is 72.3 cm³/mol. The fraction of sp³-hybridized carbons (Fsp3) is 0.538. The number of hydrogen-bond acceptors (Lipinski definition) is 3. The smallest absolute Gasteiger partial charge is 0.243 e. The highest BCUT2D eigenvalue weighted by atomic mass is 32.2. The van der Waals surface area contributed by atoms with Crippen LogP contribution in [0.2, 0.25) is 0 Å². The Balaban J connectivity index is 3.14. The maximum Gasteiger partial charge on any atom is 0.243 e. The highest BCUT2D eigenvalue weighted by Crippen LogP contribution is 2.23. The van der Waals surface area contributed by atoms with Gasteiger partial charge in [-0.15, -0.1) is 0 Å². The molecule has 0 aliphatic carbocycles. The first-order chi connectivity index (χ1) is 8.97. The molecular weight excluding hydrogens is 269 g/mol. The fourth-order valence-corrected chi connectivity index (χ4v) is 3.44. The van der Waals surface area contributed by atoms with Crippen LogP contribution in [0.5, 0.6) is 5.75 Å². The van der Waals surface area contributed by atoms with E-state index >= 15 is 0 Å². The molecular formula is C13H20FNO3S. The average Bonchev–Trinajstić information content (AvgIpc) is 2.38. The van der Waals surface area contributed by atoms with Crippen LogP contribution in [0.1, 0.15) is 26.7 Å². The molecule has 0 aromatic heterocycles. The number of ether oxygens (including phenoxy) is 1. The molecule has 108 valence electrons. The van der Waals surface area contributed by atoms with Crippen LogP contribution < -0.4 is 4.74 Å². The first-order valence-electron chi connectivity index (χ1n) is 6.31. The van der Waals surface area contributed by atoms with E-state index in [2.05, 4.69) is 0 Å². The van der Waals surface area contributed by atoms with Gasteiger partial charge in [-0.2, -0.15) is 4.31 Å². The molecule has 0 atom stereocenters. The number of sulfonamides is 1. The third-order valence-corrected chi connectivity index (χ3v) is 4.60. The summed E-state index contributed by atoms with van der Waals surface area (Å²) in [6.07, 6.45) is 1.44. The molecule has 0 saturated heterocycles. The van der Waals surface area contributed by atoms with Crippen molar-refractivity contribution in [2.75, 3.05) is 20.2 Å². The van der Waals surface area contributed by atoms with Crippen LogP contribution in [0.4, 0.5) is 4.39 Å². The molecule has 0 saturated carbocycles. The Morgan fingerprint density at radius 3 is 2.21 bits per heavy atom. The molecule has 0 N–H and O–H groups in total. The van der Waals surface area contributed by atoms with Gasteiger partial charge in [-0.25, -0.2) is 12.8 Å². The molecule has 0 bridgehead atoms. The number of nitrogens with zero attached hydrogens (tertiary/aromatic N) is 1. The molecule has 0 aliphatic rings. The van der Waals surface area contributed by atoms with E-state index in [0.29, 0.717) is 13.1 Å². The van der Waals surface area contributed by atoms with Crippen LogP contribution in [0.25, 0.3) is 0 Å². The van der Waals surface area contributed by atoms with Gasteiger partial charge in [0, 0.05) is 13.1 Å². The van der Waals surface area contributed by atoms with Gasteiger partial charge in [0.1, 0.15) is 0 Å². The minimum Gasteiger partial charge on any atom is -0.494 e. The molecule has 1 aromatic rings. The summed E-state index contributed by atoms with van der Waals surface area (Å²) in [7, 11) is -2.29. The van der Waals surface area contributed by atoms with Crippen LogP contribution >= 0.6 is 0 Å². The fourth-order valence-electron chi connectivity index (χ4n) is 1.81. The Hall–Kier alpha value is -1.14. The monoisotopic (exact) mass is 289 g/mol. The Bertz CT molecular complexity index is 511. The van der Waals surface area contributed by atoms with Crippen LogP contribution in [-0.4, -0.2) is 32.9 Å². The van der Waals surface area contributed by atoms with Crippen LogP contribution in [0.3, 0.4) is 0 Å². The molecule has 0 heterocycles. The van der Waals surface area contributed by atoms with Crippen molar-refractivity contribution in [2.45, 2.75) is 31.6 Å². The lowest BCUT2D eigenvalue weighted by molar-refractivity contribution is 0.384. The van der Waals surface area contributed by atoms with Gasteiger partial charge >= 0.3 is 0 Å². The molecule has 1 rings (SSSR count). The van der Waals surface area contributed by atoms with Gasteiger partial charge in [0.05, 0.1) is 12.0 Å². The third kappa shape index (κ3) is 3.67. The minimum atomic E-state index is -3.64. The molecule has 6 heteroatoms. The Morgan fingerprint density at radius 2 is 1.79 bits per heavy atom. The standard InChI is InChI=1S/C13H20FNO3S/c1-4-8-15(9-5-2)19(16,17)11-6-7-13(18-3)12(14)10-11/h6-7,10H,4-5,8-9H2,1-3H3. The van der Waals surface area contributed by atoms with Gasteiger partial charge in [0.2, 0.25) is 10.0 Å². The summed E-state index contributed by atoms with van der Waals surface area (Å²) in [5.74, 6) is -0.631. The molecule has 0 aliphatic heterocycles. The van der Waals surface area contributed by atoms with Crippen molar-refractivity contribution in [1.29, 1.82) is 0 Å². The average molecular weight is 289 g/mol. The summed E-state index contributed by atoms with van der Waals surface area (Å²) < 4.78 is 44.5. The van der Waals surface area contributed by atoms with Gasteiger partial charge in [0.15, 0.2) is 11.6 Å². The second-order valence-corrected chi connectivity index (χ2v) is 6.14. The summed E-state index contributed by atoms with van der Waals surface area (Å²) in [5.41, 5.74) is 0. The molecule has 0 radical (unpaired) electrons. The maximum atomic E-state index is 13.6. The number of methoxy groups -OCH3 is 1. The Morgan fingerprint density at radius 1 is 1.21 bits per heavy atom. The van der Waals surface area contributed by atoms with Crippen molar-refractivity contribution < 1.29 is 17.5 Å².